The number of aromatic nitrogens is 4. The molecular formula is C20H19BrN8O2S. The summed E-state index contributed by atoms with van der Waals surface area (Å²) in [5.41, 5.74) is 3.88. The highest BCUT2D eigenvalue weighted by atomic mass is 79.9. The summed E-state index contributed by atoms with van der Waals surface area (Å²) < 4.78 is 15.9. The van der Waals surface area contributed by atoms with E-state index in [0.29, 0.717) is 21.9 Å². The van der Waals surface area contributed by atoms with Crippen LogP contribution < -0.4 is 16.0 Å². The van der Waals surface area contributed by atoms with Crippen LogP contribution in [0.15, 0.2) is 63.8 Å². The van der Waals surface area contributed by atoms with Crippen molar-refractivity contribution in [2.75, 3.05) is 28.5 Å². The van der Waals surface area contributed by atoms with E-state index >= 15 is 0 Å². The van der Waals surface area contributed by atoms with E-state index in [2.05, 4.69) is 56.2 Å². The molecule has 2 heterocycles. The van der Waals surface area contributed by atoms with Gasteiger partial charge in [-0.15, -0.1) is 4.36 Å². The Labute approximate surface area is 192 Å². The number of H-pyrrole nitrogens is 1. The predicted octanol–water partition coefficient (Wildman–Crippen LogP) is 4.86. The van der Waals surface area contributed by atoms with Crippen molar-refractivity contribution in [1.82, 2.24) is 19.9 Å². The molecular weight excluding hydrogens is 496 g/mol. The SMILES string of the molecule is CS(C)(=O)=NC(=O)Nc1ccc(Nc2ncc(Br)c(Nc3ccc4[nH]cnc4c3)n2)cc1. The van der Waals surface area contributed by atoms with E-state index in [1.807, 2.05) is 18.2 Å². The number of hydrogen-bond acceptors (Lipinski definition) is 7. The van der Waals surface area contributed by atoms with E-state index in [1.54, 1.807) is 36.8 Å². The van der Waals surface area contributed by atoms with Gasteiger partial charge in [0.25, 0.3) is 0 Å². The molecule has 0 atom stereocenters. The number of imidazole rings is 1. The molecule has 0 radical (unpaired) electrons. The Bertz CT molecular complexity index is 1400. The van der Waals surface area contributed by atoms with Crippen molar-refractivity contribution in [3.8, 4) is 0 Å². The lowest BCUT2D eigenvalue weighted by Crippen LogP contribution is -2.09. The molecule has 4 N–H and O–H groups in total. The Kier molecular flexibility index (Phi) is 6.06. The number of carbonyl (C=O) groups excluding carboxylic acids is 1. The molecule has 0 aliphatic rings. The van der Waals surface area contributed by atoms with Gasteiger partial charge in [-0.3, -0.25) is 0 Å². The summed E-state index contributed by atoms with van der Waals surface area (Å²) in [5, 5.41) is 8.95. The number of amides is 2. The Morgan fingerprint density at radius 1 is 1.03 bits per heavy atom. The van der Waals surface area contributed by atoms with E-state index in [-0.39, 0.29) is 0 Å². The fraction of sp³-hybridized carbons (Fsp3) is 0.100. The highest BCUT2D eigenvalue weighted by molar-refractivity contribution is 9.10. The van der Waals surface area contributed by atoms with Crippen LogP contribution in [0, 0.1) is 0 Å². The van der Waals surface area contributed by atoms with Crippen LogP contribution in [0.4, 0.5) is 33.6 Å². The van der Waals surface area contributed by atoms with Gasteiger partial charge < -0.3 is 20.9 Å². The number of hydrogen-bond donors (Lipinski definition) is 4. The molecule has 164 valence electrons. The molecule has 0 unspecified atom stereocenters. The summed E-state index contributed by atoms with van der Waals surface area (Å²) in [4.78, 5) is 27.9. The minimum Gasteiger partial charge on any atom is -0.345 e. The first-order valence-corrected chi connectivity index (χ1v) is 12.5. The normalized spacial score (nSPS) is 11.2. The van der Waals surface area contributed by atoms with E-state index in [4.69, 9.17) is 0 Å². The molecule has 0 saturated heterocycles. The van der Waals surface area contributed by atoms with Gasteiger partial charge in [-0.2, -0.15) is 4.98 Å². The fourth-order valence-electron chi connectivity index (χ4n) is 2.77. The second-order valence-corrected chi connectivity index (χ2v) is 10.5. The van der Waals surface area contributed by atoms with Gasteiger partial charge in [-0.1, -0.05) is 0 Å². The lowest BCUT2D eigenvalue weighted by Gasteiger charge is -2.11. The molecule has 10 nitrogen and oxygen atoms in total. The van der Waals surface area contributed by atoms with Crippen molar-refractivity contribution in [3.63, 3.8) is 0 Å². The first-order chi connectivity index (χ1) is 15.2. The highest BCUT2D eigenvalue weighted by Crippen LogP contribution is 2.27. The number of anilines is 5. The standard InChI is InChI=1S/C20H19BrN8O2S/c1-32(2,31)29-20(30)27-13-5-3-12(4-6-13)26-19-22-10-15(21)18(28-19)25-14-7-8-16-17(9-14)24-11-23-16/h3-11H,1-2H3,(H,23,24)(H,27,30)(H2,22,25,26,28). The minimum atomic E-state index is -2.51. The van der Waals surface area contributed by atoms with Crippen LogP contribution in [-0.2, 0) is 9.73 Å². The van der Waals surface area contributed by atoms with Gasteiger partial charge in [-0.25, -0.2) is 19.0 Å². The first kappa shape index (κ1) is 21.7. The molecule has 0 fully saturated rings. The molecule has 12 heteroatoms. The second-order valence-electron chi connectivity index (χ2n) is 7.05. The summed E-state index contributed by atoms with van der Waals surface area (Å²) in [5.74, 6) is 0.977. The summed E-state index contributed by atoms with van der Waals surface area (Å²) in [6.45, 7) is 0. The molecule has 4 rings (SSSR count). The topological polar surface area (TPSA) is 137 Å². The quantitative estimate of drug-likeness (QED) is 0.298. The van der Waals surface area contributed by atoms with Crippen LogP contribution in [0.25, 0.3) is 11.0 Å². The molecule has 2 aromatic heterocycles. The Morgan fingerprint density at radius 2 is 1.75 bits per heavy atom. The van der Waals surface area contributed by atoms with E-state index in [1.165, 1.54) is 12.5 Å². The van der Waals surface area contributed by atoms with Crippen molar-refractivity contribution >= 4 is 71.6 Å². The number of halogens is 1. The zero-order chi connectivity index (χ0) is 22.7. The number of urea groups is 1. The van der Waals surface area contributed by atoms with E-state index < -0.39 is 15.8 Å². The molecule has 0 aliphatic carbocycles. The predicted molar refractivity (Wildman–Crippen MR) is 130 cm³/mol. The van der Waals surface area contributed by atoms with Crippen molar-refractivity contribution < 1.29 is 9.00 Å². The summed E-state index contributed by atoms with van der Waals surface area (Å²) >= 11 is 3.46. The first-order valence-electron chi connectivity index (χ1n) is 9.33. The highest BCUT2D eigenvalue weighted by Gasteiger charge is 2.08. The monoisotopic (exact) mass is 514 g/mol. The summed E-state index contributed by atoms with van der Waals surface area (Å²) in [6.07, 6.45) is 6.09. The van der Waals surface area contributed by atoms with Gasteiger partial charge in [0, 0.05) is 35.8 Å². The van der Waals surface area contributed by atoms with Gasteiger partial charge in [0.1, 0.15) is 5.82 Å². The third-order valence-electron chi connectivity index (χ3n) is 4.12. The van der Waals surface area contributed by atoms with Crippen LogP contribution in [0.2, 0.25) is 0 Å². The lowest BCUT2D eigenvalue weighted by molar-refractivity contribution is 0.260. The molecule has 2 aromatic carbocycles. The van der Waals surface area contributed by atoms with E-state index in [9.17, 15) is 9.00 Å². The van der Waals surface area contributed by atoms with Gasteiger partial charge in [0.05, 0.1) is 31.6 Å². The smallest absolute Gasteiger partial charge is 0.345 e. The van der Waals surface area contributed by atoms with Crippen molar-refractivity contribution in [1.29, 1.82) is 0 Å². The number of nitrogens with one attached hydrogen (secondary N) is 4. The van der Waals surface area contributed by atoms with Gasteiger partial charge in [0.15, 0.2) is 0 Å². The number of fused-ring (bicyclic) bond motifs is 1. The van der Waals surface area contributed by atoms with Crippen LogP contribution in [0.3, 0.4) is 0 Å². The Balaban J connectivity index is 1.46. The summed E-state index contributed by atoms with van der Waals surface area (Å²) in [7, 11) is -2.51. The molecule has 32 heavy (non-hydrogen) atoms. The molecule has 4 aromatic rings. The average molecular weight is 515 g/mol. The maximum absolute atomic E-state index is 11.8. The van der Waals surface area contributed by atoms with Crippen LogP contribution >= 0.6 is 15.9 Å². The molecule has 0 aliphatic heterocycles. The van der Waals surface area contributed by atoms with Crippen LogP contribution in [0.1, 0.15) is 0 Å². The molecule has 0 spiro atoms. The Hall–Kier alpha value is -3.51. The molecule has 2 amide bonds. The average Bonchev–Trinajstić information content (AvgIpc) is 3.18. The van der Waals surface area contributed by atoms with Gasteiger partial charge in [-0.05, 0) is 58.4 Å². The van der Waals surface area contributed by atoms with Crippen molar-refractivity contribution in [3.05, 3.63) is 59.5 Å². The number of aromatic amines is 1. The molecule has 0 saturated carbocycles. The van der Waals surface area contributed by atoms with E-state index in [0.717, 1.165) is 22.4 Å². The third-order valence-corrected chi connectivity index (χ3v) is 5.31. The van der Waals surface area contributed by atoms with Gasteiger partial charge in [0.2, 0.25) is 5.95 Å². The second kappa shape index (κ2) is 8.93. The van der Waals surface area contributed by atoms with Crippen molar-refractivity contribution in [2.45, 2.75) is 0 Å². The van der Waals surface area contributed by atoms with Gasteiger partial charge >= 0.3 is 6.03 Å². The van der Waals surface area contributed by atoms with Crippen LogP contribution in [0.5, 0.6) is 0 Å². The number of carbonyl (C=O) groups is 1. The molecule has 0 bridgehead atoms. The zero-order valence-corrected chi connectivity index (χ0v) is 19.5. The maximum Gasteiger partial charge on any atom is 0.353 e. The fourth-order valence-corrected chi connectivity index (χ4v) is 3.51. The Morgan fingerprint density at radius 3 is 2.50 bits per heavy atom. The third kappa shape index (κ3) is 5.59. The lowest BCUT2D eigenvalue weighted by atomic mass is 10.2. The largest absolute Gasteiger partial charge is 0.353 e. The number of rotatable bonds is 5. The number of benzene rings is 2. The minimum absolute atomic E-state index is 0.389. The zero-order valence-electron chi connectivity index (χ0n) is 17.1. The van der Waals surface area contributed by atoms with Crippen LogP contribution in [-0.4, -0.2) is 42.7 Å². The number of nitrogens with zero attached hydrogens (tertiary/aromatic N) is 4. The maximum atomic E-state index is 11.8. The summed E-state index contributed by atoms with van der Waals surface area (Å²) in [6, 6.07) is 12.0. The van der Waals surface area contributed by atoms with Crippen molar-refractivity contribution in [2.24, 2.45) is 4.36 Å².